The Morgan fingerprint density at radius 2 is 1.62 bits per heavy atom. The molecule has 0 fully saturated rings. The van der Waals surface area contributed by atoms with Gasteiger partial charge in [0.2, 0.25) is 0 Å². The summed E-state index contributed by atoms with van der Waals surface area (Å²) in [4.78, 5) is 12.3. The second-order valence-corrected chi connectivity index (χ2v) is 6.65. The van der Waals surface area contributed by atoms with Crippen LogP contribution in [0.15, 0.2) is 74.5 Å². The zero-order valence-corrected chi connectivity index (χ0v) is 16.9. The molecule has 0 aliphatic rings. The standard InChI is InChI=1S/C16H14N4O4S.Na/c1-11-15(18-17-12-5-3-2-4-6-12)16(21)20(19-11)13-7-9-14(10-8-13)25(22,23)24;/h2-10,19H,1H3,(H,22,23,24);. The van der Waals surface area contributed by atoms with Crippen LogP contribution in [0.1, 0.15) is 5.69 Å². The van der Waals surface area contributed by atoms with Gasteiger partial charge in [-0.3, -0.25) is 14.4 Å². The first kappa shape index (κ1) is 20.3. The summed E-state index contributed by atoms with van der Waals surface area (Å²) in [6.45, 7) is 1.68. The molecule has 129 valence electrons. The van der Waals surface area contributed by atoms with Gasteiger partial charge in [0, 0.05) is 29.6 Å². The van der Waals surface area contributed by atoms with Gasteiger partial charge >= 0.3 is 0 Å². The van der Waals surface area contributed by atoms with Crippen LogP contribution < -0.4 is 5.56 Å². The number of benzene rings is 2. The Morgan fingerprint density at radius 3 is 2.19 bits per heavy atom. The Bertz CT molecular complexity index is 1090. The normalized spacial score (nSPS) is 11.5. The van der Waals surface area contributed by atoms with E-state index in [9.17, 15) is 13.2 Å². The summed E-state index contributed by atoms with van der Waals surface area (Å²) in [6, 6.07) is 14.2. The predicted molar refractivity (Wildman–Crippen MR) is 97.3 cm³/mol. The van der Waals surface area contributed by atoms with Crippen molar-refractivity contribution in [2.24, 2.45) is 10.2 Å². The fraction of sp³-hybridized carbons (Fsp3) is 0.0625. The monoisotopic (exact) mass is 381 g/mol. The summed E-state index contributed by atoms with van der Waals surface area (Å²) >= 11 is 0. The Kier molecular flexibility index (Phi) is 6.32. The number of azo groups is 1. The molecule has 2 N–H and O–H groups in total. The number of nitrogens with one attached hydrogen (secondary N) is 1. The number of aromatic nitrogens is 2. The number of aromatic amines is 1. The van der Waals surface area contributed by atoms with E-state index in [0.29, 0.717) is 17.1 Å². The minimum absolute atomic E-state index is 0. The fourth-order valence-electron chi connectivity index (χ4n) is 2.21. The molecule has 0 saturated carbocycles. The predicted octanol–water partition coefficient (Wildman–Crippen LogP) is 2.76. The van der Waals surface area contributed by atoms with Gasteiger partial charge in [0.05, 0.1) is 22.0 Å². The number of hydrogen-bond donors (Lipinski definition) is 2. The van der Waals surface area contributed by atoms with Crippen molar-refractivity contribution in [3.8, 4) is 5.69 Å². The molecule has 1 aromatic heterocycles. The molecule has 10 heteroatoms. The summed E-state index contributed by atoms with van der Waals surface area (Å²) in [5.41, 5.74) is 1.27. The fourth-order valence-corrected chi connectivity index (χ4v) is 2.69. The molecular formula is C16H14N4NaO4S. The van der Waals surface area contributed by atoms with Crippen molar-refractivity contribution in [3.05, 3.63) is 70.6 Å². The molecule has 3 aromatic rings. The van der Waals surface area contributed by atoms with E-state index in [1.165, 1.54) is 28.9 Å². The van der Waals surface area contributed by atoms with Crippen LogP contribution in [0, 0.1) is 6.92 Å². The minimum Gasteiger partial charge on any atom is -0.293 e. The van der Waals surface area contributed by atoms with Crippen molar-refractivity contribution < 1.29 is 13.0 Å². The Balaban J connectivity index is 0.00000243. The van der Waals surface area contributed by atoms with Gasteiger partial charge < -0.3 is 0 Å². The van der Waals surface area contributed by atoms with Gasteiger partial charge in [-0.1, -0.05) is 18.2 Å². The molecule has 0 unspecified atom stereocenters. The van der Waals surface area contributed by atoms with Crippen LogP contribution in [0.2, 0.25) is 0 Å². The van der Waals surface area contributed by atoms with Crippen molar-refractivity contribution in [3.63, 3.8) is 0 Å². The van der Waals surface area contributed by atoms with Crippen molar-refractivity contribution >= 4 is 51.1 Å². The van der Waals surface area contributed by atoms with Crippen LogP contribution in [0.5, 0.6) is 0 Å². The molecule has 26 heavy (non-hydrogen) atoms. The van der Waals surface area contributed by atoms with Crippen LogP contribution in [-0.4, -0.2) is 52.3 Å². The Labute approximate surface area is 171 Å². The maximum atomic E-state index is 12.5. The number of H-pyrrole nitrogens is 1. The van der Waals surface area contributed by atoms with Crippen LogP contribution in [0.25, 0.3) is 5.69 Å². The SMILES string of the molecule is Cc1[nH]n(-c2ccc(S(=O)(=O)O)cc2)c(=O)c1N=Nc1ccccc1.[Na]. The summed E-state index contributed by atoms with van der Waals surface area (Å²) in [5.74, 6) is 0. The van der Waals surface area contributed by atoms with Crippen LogP contribution >= 0.6 is 0 Å². The average molecular weight is 381 g/mol. The molecule has 0 atom stereocenters. The number of aryl methyl sites for hydroxylation is 1. The molecule has 1 radical (unpaired) electrons. The number of rotatable bonds is 4. The minimum atomic E-state index is -4.29. The summed E-state index contributed by atoms with van der Waals surface area (Å²) in [5, 5.41) is 10.9. The third kappa shape index (κ3) is 4.37. The first-order chi connectivity index (χ1) is 11.9. The van der Waals surface area contributed by atoms with Gasteiger partial charge in [0.15, 0.2) is 5.69 Å². The third-order valence-electron chi connectivity index (χ3n) is 3.45. The van der Waals surface area contributed by atoms with E-state index >= 15 is 0 Å². The molecule has 2 aromatic carbocycles. The smallest absolute Gasteiger partial charge is 0.293 e. The van der Waals surface area contributed by atoms with E-state index in [-0.39, 0.29) is 40.1 Å². The van der Waals surface area contributed by atoms with E-state index in [4.69, 9.17) is 4.55 Å². The summed E-state index contributed by atoms with van der Waals surface area (Å²) in [7, 11) is -4.29. The molecule has 8 nitrogen and oxygen atoms in total. The van der Waals surface area contributed by atoms with E-state index in [2.05, 4.69) is 15.3 Å². The first-order valence-corrected chi connectivity index (χ1v) is 8.66. The molecule has 1 heterocycles. The maximum absolute atomic E-state index is 12.5. The molecule has 0 spiro atoms. The Hall–Kier alpha value is -2.04. The molecule has 0 aliphatic carbocycles. The summed E-state index contributed by atoms with van der Waals surface area (Å²) < 4.78 is 32.4. The molecule has 0 amide bonds. The zero-order chi connectivity index (χ0) is 18.0. The quantitative estimate of drug-likeness (QED) is 0.410. The first-order valence-electron chi connectivity index (χ1n) is 7.22. The van der Waals surface area contributed by atoms with Crippen molar-refractivity contribution in [1.82, 2.24) is 9.78 Å². The largest absolute Gasteiger partial charge is 0.299 e. The number of hydrogen-bond acceptors (Lipinski definition) is 5. The van der Waals surface area contributed by atoms with Gasteiger partial charge in [-0.25, -0.2) is 4.68 Å². The average Bonchev–Trinajstić information content (AvgIpc) is 2.87. The van der Waals surface area contributed by atoms with Crippen LogP contribution in [0.3, 0.4) is 0 Å². The number of nitrogens with zero attached hydrogens (tertiary/aromatic N) is 3. The topological polar surface area (TPSA) is 117 Å². The zero-order valence-electron chi connectivity index (χ0n) is 14.1. The van der Waals surface area contributed by atoms with Gasteiger partial charge in [-0.15, -0.1) is 5.11 Å². The van der Waals surface area contributed by atoms with Gasteiger partial charge in [0.25, 0.3) is 15.7 Å². The maximum Gasteiger partial charge on any atom is 0.299 e. The van der Waals surface area contributed by atoms with Crippen molar-refractivity contribution in [1.29, 1.82) is 0 Å². The van der Waals surface area contributed by atoms with Crippen molar-refractivity contribution in [2.75, 3.05) is 0 Å². The molecule has 0 bridgehead atoms. The second kappa shape index (κ2) is 8.11. The van der Waals surface area contributed by atoms with E-state index in [1.807, 2.05) is 18.2 Å². The molecular weight excluding hydrogens is 367 g/mol. The third-order valence-corrected chi connectivity index (χ3v) is 4.32. The second-order valence-electron chi connectivity index (χ2n) is 5.23. The van der Waals surface area contributed by atoms with Crippen LogP contribution in [-0.2, 0) is 10.1 Å². The van der Waals surface area contributed by atoms with Crippen LogP contribution in [0.4, 0.5) is 11.4 Å². The van der Waals surface area contributed by atoms with E-state index < -0.39 is 15.7 Å². The van der Waals surface area contributed by atoms with E-state index in [0.717, 1.165) is 0 Å². The molecule has 0 saturated heterocycles. The Morgan fingerprint density at radius 1 is 1.00 bits per heavy atom. The summed E-state index contributed by atoms with van der Waals surface area (Å²) in [6.07, 6.45) is 0. The van der Waals surface area contributed by atoms with Gasteiger partial charge in [-0.05, 0) is 43.3 Å². The van der Waals surface area contributed by atoms with Gasteiger partial charge in [-0.2, -0.15) is 13.5 Å². The van der Waals surface area contributed by atoms with E-state index in [1.54, 1.807) is 19.1 Å². The van der Waals surface area contributed by atoms with Gasteiger partial charge in [0.1, 0.15) is 0 Å². The molecule has 3 rings (SSSR count). The van der Waals surface area contributed by atoms with Crippen molar-refractivity contribution in [2.45, 2.75) is 11.8 Å². The molecule has 0 aliphatic heterocycles.